The standard InChI is InChI=1S/C27H23FN2O3/c1-16(17-5-9-19(10-6-17)27(31)32)13-24-25-22(23(15-30-24)18-7-8-18)11-12-29-26(25)33-21-4-2-3-20(28)14-21/h2-6,9-12,14-16,18H,7-8,13H2,1H3,(H,31,32)/t16-/m1/s1. The molecule has 4 aromatic rings. The third-order valence-corrected chi connectivity index (χ3v) is 6.13. The number of aromatic nitrogens is 2. The summed E-state index contributed by atoms with van der Waals surface area (Å²) < 4.78 is 19.8. The average molecular weight is 442 g/mol. The maximum Gasteiger partial charge on any atom is 0.335 e. The number of hydrogen-bond acceptors (Lipinski definition) is 4. The van der Waals surface area contributed by atoms with Gasteiger partial charge in [-0.3, -0.25) is 4.98 Å². The Hall–Kier alpha value is -3.80. The van der Waals surface area contributed by atoms with Crippen molar-refractivity contribution in [3.63, 3.8) is 0 Å². The number of carboxylic acid groups (broad SMARTS) is 1. The Kier molecular flexibility index (Phi) is 5.50. The van der Waals surface area contributed by atoms with Gasteiger partial charge in [0.25, 0.3) is 0 Å². The SMILES string of the molecule is C[C@H](Cc1ncc(C2CC2)c2ccnc(Oc3cccc(F)c3)c12)c1ccc(C(=O)O)cc1. The molecule has 5 nitrogen and oxygen atoms in total. The van der Waals surface area contributed by atoms with Gasteiger partial charge in [-0.05, 0) is 77.9 Å². The second-order valence-electron chi connectivity index (χ2n) is 8.56. The number of ether oxygens (including phenoxy) is 1. The van der Waals surface area contributed by atoms with Crippen molar-refractivity contribution in [3.8, 4) is 11.6 Å². The third-order valence-electron chi connectivity index (χ3n) is 6.13. The van der Waals surface area contributed by atoms with Gasteiger partial charge in [-0.2, -0.15) is 0 Å². The van der Waals surface area contributed by atoms with E-state index in [1.165, 1.54) is 17.7 Å². The number of halogens is 1. The number of carboxylic acids is 1. The zero-order chi connectivity index (χ0) is 22.9. The number of aromatic carboxylic acids is 1. The van der Waals surface area contributed by atoms with Gasteiger partial charge in [-0.15, -0.1) is 0 Å². The minimum atomic E-state index is -0.942. The molecule has 0 saturated heterocycles. The first-order valence-corrected chi connectivity index (χ1v) is 11.0. The first-order chi connectivity index (χ1) is 16.0. The maximum absolute atomic E-state index is 13.7. The molecular weight excluding hydrogens is 419 g/mol. The Morgan fingerprint density at radius 3 is 2.64 bits per heavy atom. The topological polar surface area (TPSA) is 72.3 Å². The van der Waals surface area contributed by atoms with Crippen LogP contribution < -0.4 is 4.74 Å². The number of fused-ring (bicyclic) bond motifs is 1. The molecule has 0 aliphatic heterocycles. The largest absolute Gasteiger partial charge is 0.478 e. The molecular formula is C27H23FN2O3. The number of nitrogens with zero attached hydrogens (tertiary/aromatic N) is 2. The van der Waals surface area contributed by atoms with Crippen molar-refractivity contribution >= 4 is 16.7 Å². The van der Waals surface area contributed by atoms with Crippen LogP contribution >= 0.6 is 0 Å². The second-order valence-corrected chi connectivity index (χ2v) is 8.56. The summed E-state index contributed by atoms with van der Waals surface area (Å²) in [4.78, 5) is 20.5. The fourth-order valence-electron chi connectivity index (χ4n) is 4.20. The lowest BCUT2D eigenvalue weighted by molar-refractivity contribution is 0.0697. The van der Waals surface area contributed by atoms with Gasteiger partial charge < -0.3 is 9.84 Å². The van der Waals surface area contributed by atoms with Gasteiger partial charge in [0.1, 0.15) is 11.6 Å². The van der Waals surface area contributed by atoms with Crippen LogP contribution in [0.2, 0.25) is 0 Å². The minimum absolute atomic E-state index is 0.0949. The van der Waals surface area contributed by atoms with Gasteiger partial charge in [-0.25, -0.2) is 14.2 Å². The molecule has 1 N–H and O–H groups in total. The van der Waals surface area contributed by atoms with Crippen LogP contribution in [0.5, 0.6) is 11.6 Å². The van der Waals surface area contributed by atoms with Crippen molar-refractivity contribution in [1.29, 1.82) is 0 Å². The van der Waals surface area contributed by atoms with Crippen molar-refractivity contribution in [2.24, 2.45) is 0 Å². The molecule has 5 rings (SSSR count). The highest BCUT2D eigenvalue weighted by Crippen LogP contribution is 2.45. The van der Waals surface area contributed by atoms with Crippen molar-refractivity contribution in [3.05, 3.63) is 95.2 Å². The molecule has 1 saturated carbocycles. The summed E-state index contributed by atoms with van der Waals surface area (Å²) in [5.41, 5.74) is 3.33. The summed E-state index contributed by atoms with van der Waals surface area (Å²) in [6.45, 7) is 2.08. The van der Waals surface area contributed by atoms with E-state index >= 15 is 0 Å². The summed E-state index contributed by atoms with van der Waals surface area (Å²) >= 11 is 0. The van der Waals surface area contributed by atoms with Gasteiger partial charge in [0, 0.05) is 18.5 Å². The van der Waals surface area contributed by atoms with E-state index in [9.17, 15) is 9.18 Å². The van der Waals surface area contributed by atoms with Crippen LogP contribution in [0, 0.1) is 5.82 Å². The monoisotopic (exact) mass is 442 g/mol. The number of benzene rings is 2. The summed E-state index contributed by atoms with van der Waals surface area (Å²) in [5, 5.41) is 11.1. The van der Waals surface area contributed by atoms with Crippen LogP contribution in [0.15, 0.2) is 67.0 Å². The minimum Gasteiger partial charge on any atom is -0.478 e. The van der Waals surface area contributed by atoms with Gasteiger partial charge in [0.15, 0.2) is 0 Å². The molecule has 33 heavy (non-hydrogen) atoms. The van der Waals surface area contributed by atoms with E-state index < -0.39 is 5.97 Å². The quantitative estimate of drug-likeness (QED) is 0.354. The third kappa shape index (κ3) is 4.42. The number of pyridine rings is 2. The molecule has 1 fully saturated rings. The van der Waals surface area contributed by atoms with Crippen LogP contribution in [-0.2, 0) is 6.42 Å². The highest BCUT2D eigenvalue weighted by Gasteiger charge is 2.28. The van der Waals surface area contributed by atoms with Crippen LogP contribution in [0.25, 0.3) is 10.8 Å². The first kappa shape index (κ1) is 21.1. The molecule has 2 aromatic carbocycles. The van der Waals surface area contributed by atoms with Gasteiger partial charge >= 0.3 is 5.97 Å². The Bertz CT molecular complexity index is 1330. The fourth-order valence-corrected chi connectivity index (χ4v) is 4.20. The molecule has 1 aliphatic carbocycles. The summed E-state index contributed by atoms with van der Waals surface area (Å²) in [5.74, 6) is 0.0783. The van der Waals surface area contributed by atoms with E-state index in [-0.39, 0.29) is 17.3 Å². The summed E-state index contributed by atoms with van der Waals surface area (Å²) in [6, 6.07) is 14.9. The zero-order valence-corrected chi connectivity index (χ0v) is 18.2. The molecule has 1 aliphatic rings. The second kappa shape index (κ2) is 8.62. The molecule has 1 atom stereocenters. The van der Waals surface area contributed by atoms with Gasteiger partial charge in [0.2, 0.25) is 5.88 Å². The predicted octanol–water partition coefficient (Wildman–Crippen LogP) is 6.48. The van der Waals surface area contributed by atoms with Crippen molar-refractivity contribution in [2.75, 3.05) is 0 Å². The summed E-state index contributed by atoms with van der Waals surface area (Å²) in [6.07, 6.45) is 6.59. The van der Waals surface area contributed by atoms with E-state index in [0.29, 0.717) is 24.0 Å². The Morgan fingerprint density at radius 2 is 1.94 bits per heavy atom. The van der Waals surface area contributed by atoms with Crippen molar-refractivity contribution < 1.29 is 19.0 Å². The molecule has 0 spiro atoms. The molecule has 0 bridgehead atoms. The van der Waals surface area contributed by atoms with Gasteiger partial charge in [-0.1, -0.05) is 25.1 Å². The smallest absolute Gasteiger partial charge is 0.335 e. The van der Waals surface area contributed by atoms with E-state index in [0.717, 1.165) is 34.9 Å². The zero-order valence-electron chi connectivity index (χ0n) is 18.2. The van der Waals surface area contributed by atoms with Crippen molar-refractivity contribution in [2.45, 2.75) is 38.0 Å². The molecule has 6 heteroatoms. The molecule has 166 valence electrons. The number of rotatable bonds is 7. The Labute approximate surface area is 190 Å². The molecule has 0 amide bonds. The normalized spacial score (nSPS) is 14.2. The lowest BCUT2D eigenvalue weighted by Gasteiger charge is -2.17. The number of hydrogen-bond donors (Lipinski definition) is 1. The Balaban J connectivity index is 1.54. The highest BCUT2D eigenvalue weighted by molar-refractivity contribution is 5.92. The molecule has 2 heterocycles. The number of carbonyl (C=O) groups is 1. The average Bonchev–Trinajstić information content (AvgIpc) is 3.65. The first-order valence-electron chi connectivity index (χ1n) is 11.0. The van der Waals surface area contributed by atoms with Crippen LogP contribution in [0.3, 0.4) is 0 Å². The Morgan fingerprint density at radius 1 is 1.15 bits per heavy atom. The van der Waals surface area contributed by atoms with Gasteiger partial charge in [0.05, 0.1) is 16.6 Å². The highest BCUT2D eigenvalue weighted by atomic mass is 19.1. The molecule has 0 radical (unpaired) electrons. The van der Waals surface area contributed by atoms with E-state index in [1.807, 2.05) is 24.4 Å². The van der Waals surface area contributed by atoms with E-state index in [4.69, 9.17) is 14.8 Å². The molecule has 0 unspecified atom stereocenters. The molecule has 2 aromatic heterocycles. The van der Waals surface area contributed by atoms with Crippen LogP contribution in [0.4, 0.5) is 4.39 Å². The van der Waals surface area contributed by atoms with Crippen LogP contribution in [0.1, 0.15) is 58.8 Å². The van der Waals surface area contributed by atoms with E-state index in [1.54, 1.807) is 30.5 Å². The fraction of sp³-hybridized carbons (Fsp3) is 0.222. The van der Waals surface area contributed by atoms with E-state index in [2.05, 4.69) is 11.9 Å². The lowest BCUT2D eigenvalue weighted by atomic mass is 9.92. The summed E-state index contributed by atoms with van der Waals surface area (Å²) in [7, 11) is 0. The lowest BCUT2D eigenvalue weighted by Crippen LogP contribution is -2.05. The predicted molar refractivity (Wildman–Crippen MR) is 124 cm³/mol. The van der Waals surface area contributed by atoms with Crippen LogP contribution in [-0.4, -0.2) is 21.0 Å². The van der Waals surface area contributed by atoms with Crippen molar-refractivity contribution in [1.82, 2.24) is 9.97 Å². The maximum atomic E-state index is 13.7.